The summed E-state index contributed by atoms with van der Waals surface area (Å²) in [5.41, 5.74) is 2.30. The van der Waals surface area contributed by atoms with Crippen LogP contribution in [0.25, 0.3) is 11.0 Å². The smallest absolute Gasteiger partial charge is 0.258 e. The van der Waals surface area contributed by atoms with Gasteiger partial charge in [0, 0.05) is 18.5 Å². The number of fused-ring (bicyclic) bond motifs is 1. The number of furan rings is 1. The van der Waals surface area contributed by atoms with E-state index in [1.54, 1.807) is 38.1 Å². The molecule has 1 atom stereocenters. The summed E-state index contributed by atoms with van der Waals surface area (Å²) in [6.07, 6.45) is 0.695. The first kappa shape index (κ1) is 17.9. The zero-order valence-electron chi connectivity index (χ0n) is 15.4. The number of carbonyl (C=O) groups is 1. The van der Waals surface area contributed by atoms with Gasteiger partial charge >= 0.3 is 0 Å². The van der Waals surface area contributed by atoms with Crippen LogP contribution in [0, 0.1) is 6.92 Å². The molecule has 5 heteroatoms. The zero-order valence-corrected chi connectivity index (χ0v) is 15.4. The lowest BCUT2D eigenvalue weighted by Crippen LogP contribution is -2.36. The standard InChI is InChI=1S/C21H23NO4/c1-13(11-15-5-7-16(23)8-6-15)22(3)21(24)20-14(2)26-19-10-9-17(25-4)12-18(19)20/h5-10,12-13,23H,11H2,1-4H3/t13-/m0/s1. The van der Waals surface area contributed by atoms with Crippen molar-refractivity contribution in [2.45, 2.75) is 26.3 Å². The van der Waals surface area contributed by atoms with Gasteiger partial charge in [-0.15, -0.1) is 0 Å². The highest BCUT2D eigenvalue weighted by atomic mass is 16.5. The Balaban J connectivity index is 1.86. The molecule has 5 nitrogen and oxygen atoms in total. The van der Waals surface area contributed by atoms with E-state index in [9.17, 15) is 9.90 Å². The molecule has 0 saturated heterocycles. The number of phenolic OH excluding ortho intramolecular Hbond substituents is 1. The molecule has 1 N–H and O–H groups in total. The third kappa shape index (κ3) is 3.38. The Kier molecular flexibility index (Phi) is 4.89. The molecule has 0 fully saturated rings. The third-order valence-electron chi connectivity index (χ3n) is 4.73. The molecule has 3 rings (SSSR count). The van der Waals surface area contributed by atoms with E-state index in [0.29, 0.717) is 29.1 Å². The van der Waals surface area contributed by atoms with E-state index >= 15 is 0 Å². The summed E-state index contributed by atoms with van der Waals surface area (Å²) in [4.78, 5) is 14.8. The summed E-state index contributed by atoms with van der Waals surface area (Å²) in [6, 6.07) is 12.5. The van der Waals surface area contributed by atoms with Crippen LogP contribution in [0.5, 0.6) is 11.5 Å². The fraction of sp³-hybridized carbons (Fsp3) is 0.286. The Morgan fingerprint density at radius 3 is 2.58 bits per heavy atom. The van der Waals surface area contributed by atoms with Crippen LogP contribution in [0.2, 0.25) is 0 Å². The largest absolute Gasteiger partial charge is 0.508 e. The minimum absolute atomic E-state index is 0.0120. The van der Waals surface area contributed by atoms with E-state index in [1.807, 2.05) is 37.3 Å². The van der Waals surface area contributed by atoms with Crippen molar-refractivity contribution in [1.82, 2.24) is 4.90 Å². The summed E-state index contributed by atoms with van der Waals surface area (Å²) in [5.74, 6) is 1.44. The molecule has 0 unspecified atom stereocenters. The van der Waals surface area contributed by atoms with Crippen molar-refractivity contribution in [2.75, 3.05) is 14.2 Å². The van der Waals surface area contributed by atoms with Crippen LogP contribution < -0.4 is 4.74 Å². The number of benzene rings is 2. The maximum Gasteiger partial charge on any atom is 0.258 e. The Morgan fingerprint density at radius 1 is 1.23 bits per heavy atom. The maximum absolute atomic E-state index is 13.1. The average molecular weight is 353 g/mol. The SMILES string of the molecule is COc1ccc2oc(C)c(C(=O)N(C)[C@@H](C)Cc3ccc(O)cc3)c2c1. The first-order valence-corrected chi connectivity index (χ1v) is 8.53. The number of rotatable bonds is 5. The van der Waals surface area contributed by atoms with Crippen LogP contribution in [0.15, 0.2) is 46.9 Å². The first-order chi connectivity index (χ1) is 12.4. The van der Waals surface area contributed by atoms with Gasteiger partial charge in [0.15, 0.2) is 0 Å². The molecule has 0 aliphatic heterocycles. The van der Waals surface area contributed by atoms with Crippen LogP contribution in [-0.4, -0.2) is 36.1 Å². The van der Waals surface area contributed by atoms with Crippen LogP contribution in [0.1, 0.15) is 28.6 Å². The zero-order chi connectivity index (χ0) is 18.8. The summed E-state index contributed by atoms with van der Waals surface area (Å²) >= 11 is 0. The van der Waals surface area contributed by atoms with E-state index in [0.717, 1.165) is 10.9 Å². The molecule has 1 amide bonds. The highest BCUT2D eigenvalue weighted by Gasteiger charge is 2.24. The molecule has 0 spiro atoms. The van der Waals surface area contributed by atoms with Gasteiger partial charge in [-0.2, -0.15) is 0 Å². The molecule has 26 heavy (non-hydrogen) atoms. The van der Waals surface area contributed by atoms with Crippen LogP contribution in [0.3, 0.4) is 0 Å². The van der Waals surface area contributed by atoms with Gasteiger partial charge in [0.05, 0.1) is 12.7 Å². The minimum atomic E-state index is -0.0826. The monoisotopic (exact) mass is 353 g/mol. The molecule has 1 aromatic heterocycles. The molecule has 0 aliphatic carbocycles. The Hall–Kier alpha value is -2.95. The maximum atomic E-state index is 13.1. The fourth-order valence-corrected chi connectivity index (χ4v) is 3.08. The third-order valence-corrected chi connectivity index (χ3v) is 4.73. The predicted molar refractivity (Wildman–Crippen MR) is 101 cm³/mol. The molecule has 0 bridgehead atoms. The van der Waals surface area contributed by atoms with Crippen molar-refractivity contribution < 1.29 is 19.1 Å². The van der Waals surface area contributed by atoms with Gasteiger partial charge < -0.3 is 19.2 Å². The molecule has 1 heterocycles. The van der Waals surface area contributed by atoms with Gasteiger partial charge in [0.2, 0.25) is 0 Å². The number of aromatic hydroxyl groups is 1. The Labute approximate surface area is 152 Å². The average Bonchev–Trinajstić information content (AvgIpc) is 2.97. The van der Waals surface area contributed by atoms with E-state index in [2.05, 4.69) is 0 Å². The van der Waals surface area contributed by atoms with Crippen LogP contribution >= 0.6 is 0 Å². The summed E-state index contributed by atoms with van der Waals surface area (Å²) < 4.78 is 11.0. The number of carbonyl (C=O) groups excluding carboxylic acids is 1. The fourth-order valence-electron chi connectivity index (χ4n) is 3.08. The number of likely N-dealkylation sites (N-methyl/N-ethyl adjacent to an activating group) is 1. The molecule has 3 aromatic rings. The Morgan fingerprint density at radius 2 is 1.92 bits per heavy atom. The minimum Gasteiger partial charge on any atom is -0.508 e. The van der Waals surface area contributed by atoms with Crippen molar-refractivity contribution in [3.8, 4) is 11.5 Å². The quantitative estimate of drug-likeness (QED) is 0.748. The van der Waals surface area contributed by atoms with Gasteiger partial charge in [0.25, 0.3) is 5.91 Å². The molecule has 136 valence electrons. The van der Waals surface area contributed by atoms with Gasteiger partial charge in [0.1, 0.15) is 22.8 Å². The van der Waals surface area contributed by atoms with Gasteiger partial charge in [-0.3, -0.25) is 4.79 Å². The van der Waals surface area contributed by atoms with E-state index < -0.39 is 0 Å². The van der Waals surface area contributed by atoms with Gasteiger partial charge in [-0.1, -0.05) is 12.1 Å². The molecule has 0 radical (unpaired) electrons. The molecule has 2 aromatic carbocycles. The lowest BCUT2D eigenvalue weighted by Gasteiger charge is -2.25. The van der Waals surface area contributed by atoms with Crippen molar-refractivity contribution in [2.24, 2.45) is 0 Å². The topological polar surface area (TPSA) is 62.9 Å². The number of hydrogen-bond acceptors (Lipinski definition) is 4. The van der Waals surface area contributed by atoms with Gasteiger partial charge in [-0.05, 0) is 56.2 Å². The second-order valence-electron chi connectivity index (χ2n) is 6.53. The van der Waals surface area contributed by atoms with E-state index in [4.69, 9.17) is 9.15 Å². The number of ether oxygens (including phenoxy) is 1. The lowest BCUT2D eigenvalue weighted by atomic mass is 10.0. The van der Waals surface area contributed by atoms with Crippen molar-refractivity contribution in [3.63, 3.8) is 0 Å². The first-order valence-electron chi connectivity index (χ1n) is 8.53. The highest BCUT2D eigenvalue weighted by Crippen LogP contribution is 2.30. The number of aryl methyl sites for hydroxylation is 1. The molecule has 0 saturated carbocycles. The number of nitrogens with zero attached hydrogens (tertiary/aromatic N) is 1. The molecule has 0 aliphatic rings. The second kappa shape index (κ2) is 7.12. The lowest BCUT2D eigenvalue weighted by molar-refractivity contribution is 0.0743. The number of methoxy groups -OCH3 is 1. The number of amides is 1. The normalized spacial score (nSPS) is 12.2. The Bertz CT molecular complexity index is 927. The summed E-state index contributed by atoms with van der Waals surface area (Å²) in [6.45, 7) is 3.81. The van der Waals surface area contributed by atoms with E-state index in [1.165, 1.54) is 0 Å². The number of hydrogen-bond donors (Lipinski definition) is 1. The van der Waals surface area contributed by atoms with Crippen molar-refractivity contribution in [3.05, 3.63) is 59.4 Å². The molecular weight excluding hydrogens is 330 g/mol. The highest BCUT2D eigenvalue weighted by molar-refractivity contribution is 6.07. The van der Waals surface area contributed by atoms with Gasteiger partial charge in [-0.25, -0.2) is 0 Å². The summed E-state index contributed by atoms with van der Waals surface area (Å²) in [7, 11) is 3.40. The number of phenols is 1. The van der Waals surface area contributed by atoms with Crippen molar-refractivity contribution in [1.29, 1.82) is 0 Å². The second-order valence-corrected chi connectivity index (χ2v) is 6.53. The summed E-state index contributed by atoms with van der Waals surface area (Å²) in [5, 5.41) is 10.2. The van der Waals surface area contributed by atoms with E-state index in [-0.39, 0.29) is 17.7 Å². The van der Waals surface area contributed by atoms with Crippen LogP contribution in [-0.2, 0) is 6.42 Å². The predicted octanol–water partition coefficient (Wildman–Crippen LogP) is 4.16. The van der Waals surface area contributed by atoms with Crippen LogP contribution in [0.4, 0.5) is 0 Å². The van der Waals surface area contributed by atoms with Crippen molar-refractivity contribution >= 4 is 16.9 Å². The molecular formula is C21H23NO4.